The average molecular weight is 460 g/mol. The number of hydroxylamine groups is 1. The number of thiophene rings is 1. The van der Waals surface area contributed by atoms with Gasteiger partial charge in [0.2, 0.25) is 0 Å². The molecule has 2 aromatic heterocycles. The zero-order chi connectivity index (χ0) is 21.8. The van der Waals surface area contributed by atoms with Gasteiger partial charge >= 0.3 is 5.91 Å². The third kappa shape index (κ3) is 4.75. The second-order valence-corrected chi connectivity index (χ2v) is 8.92. The first-order valence-corrected chi connectivity index (χ1v) is 11.5. The maximum absolute atomic E-state index is 12.8. The van der Waals surface area contributed by atoms with Crippen LogP contribution in [0.5, 0.6) is 0 Å². The van der Waals surface area contributed by atoms with Gasteiger partial charge in [-0.1, -0.05) is 12.1 Å². The second kappa shape index (κ2) is 9.12. The summed E-state index contributed by atoms with van der Waals surface area (Å²) in [5.41, 5.74) is 8.45. The minimum absolute atomic E-state index is 0.294. The number of thiazole rings is 1. The number of piperidine rings is 1. The maximum Gasteiger partial charge on any atom is 0.362 e. The molecule has 7 N–H and O–H groups in total. The van der Waals surface area contributed by atoms with Crippen molar-refractivity contribution >= 4 is 56.7 Å². The molecule has 0 radical (unpaired) electrons. The highest BCUT2D eigenvalue weighted by molar-refractivity contribution is 7.14. The van der Waals surface area contributed by atoms with Crippen molar-refractivity contribution in [3.05, 3.63) is 52.2 Å². The van der Waals surface area contributed by atoms with Crippen molar-refractivity contribution in [2.45, 2.75) is 18.4 Å². The predicted octanol–water partition coefficient (Wildman–Crippen LogP) is 1.98. The van der Waals surface area contributed by atoms with Crippen molar-refractivity contribution in [3.63, 3.8) is 0 Å². The Balaban J connectivity index is 1.44. The Labute approximate surface area is 186 Å². The van der Waals surface area contributed by atoms with E-state index in [9.17, 15) is 9.59 Å². The molecule has 31 heavy (non-hydrogen) atoms. The highest BCUT2D eigenvalue weighted by Crippen LogP contribution is 2.31. The van der Waals surface area contributed by atoms with Crippen molar-refractivity contribution in [1.29, 1.82) is 0 Å². The normalized spacial score (nSPS) is 15.5. The lowest BCUT2D eigenvalue weighted by Gasteiger charge is -2.37. The van der Waals surface area contributed by atoms with Crippen LogP contribution in [0.25, 0.3) is 0 Å². The van der Waals surface area contributed by atoms with Crippen LogP contribution in [0.3, 0.4) is 0 Å². The summed E-state index contributed by atoms with van der Waals surface area (Å²) < 4.78 is 0. The zero-order valence-corrected chi connectivity index (χ0v) is 18.2. The van der Waals surface area contributed by atoms with Crippen LogP contribution in [0, 0.1) is 0 Å². The van der Waals surface area contributed by atoms with E-state index < -0.39 is 11.4 Å². The molecule has 162 valence electrons. The highest BCUT2D eigenvalue weighted by atomic mass is 32.1. The number of amides is 2. The lowest BCUT2D eigenvalue weighted by atomic mass is 9.87. The zero-order valence-electron chi connectivity index (χ0n) is 16.6. The number of para-hydroxylation sites is 2. The lowest BCUT2D eigenvalue weighted by Crippen LogP contribution is -2.91. The fourth-order valence-corrected chi connectivity index (χ4v) is 4.76. The summed E-state index contributed by atoms with van der Waals surface area (Å²) in [4.78, 5) is 31.1. The number of aromatic nitrogens is 1. The number of nitrogens with zero attached hydrogens (tertiary/aromatic N) is 2. The van der Waals surface area contributed by atoms with E-state index >= 15 is 0 Å². The Hall–Kier alpha value is -2.83. The van der Waals surface area contributed by atoms with Crippen molar-refractivity contribution in [3.8, 4) is 0 Å². The predicted molar refractivity (Wildman–Crippen MR) is 121 cm³/mol. The van der Waals surface area contributed by atoms with E-state index in [1.165, 1.54) is 11.3 Å². The molecule has 3 heterocycles. The van der Waals surface area contributed by atoms with Crippen LogP contribution in [0.2, 0.25) is 0 Å². The van der Waals surface area contributed by atoms with Crippen molar-refractivity contribution in [2.75, 3.05) is 28.6 Å². The molecule has 0 saturated carbocycles. The van der Waals surface area contributed by atoms with Gasteiger partial charge in [-0.05, 0) is 36.4 Å². The van der Waals surface area contributed by atoms with Crippen LogP contribution < -0.4 is 26.7 Å². The van der Waals surface area contributed by atoms with Gasteiger partial charge in [-0.2, -0.15) is 11.3 Å². The molecule has 0 unspecified atom stereocenters. The largest absolute Gasteiger partial charge is 0.370 e. The number of carbonyl (C=O) groups is 2. The molecule has 1 fully saturated rings. The number of rotatable bonds is 6. The minimum Gasteiger partial charge on any atom is -0.370 e. The number of nitrogens with two attached hydrogens (primary N) is 2. The van der Waals surface area contributed by atoms with Crippen molar-refractivity contribution in [2.24, 2.45) is 5.73 Å². The summed E-state index contributed by atoms with van der Waals surface area (Å²) in [5, 5.41) is 21.5. The van der Waals surface area contributed by atoms with Crippen molar-refractivity contribution in [1.82, 2.24) is 4.98 Å². The van der Waals surface area contributed by atoms with Crippen LogP contribution in [0.4, 0.5) is 22.2 Å². The van der Waals surface area contributed by atoms with Gasteiger partial charge in [-0.15, -0.1) is 16.8 Å². The summed E-state index contributed by atoms with van der Waals surface area (Å²) in [6, 6.07) is 9.45. The van der Waals surface area contributed by atoms with E-state index in [2.05, 4.69) is 20.5 Å². The van der Waals surface area contributed by atoms with E-state index in [1.807, 2.05) is 41.1 Å². The van der Waals surface area contributed by atoms with Gasteiger partial charge in [0, 0.05) is 23.8 Å². The Kier molecular flexibility index (Phi) is 6.30. The minimum atomic E-state index is -1.05. The van der Waals surface area contributed by atoms with Crippen LogP contribution in [0.1, 0.15) is 23.3 Å². The smallest absolute Gasteiger partial charge is 0.362 e. The molecule has 1 saturated heterocycles. The van der Waals surface area contributed by atoms with Gasteiger partial charge < -0.3 is 21.3 Å². The molecule has 0 bridgehead atoms. The average Bonchev–Trinajstić information content (AvgIpc) is 3.47. The molecule has 2 amide bonds. The van der Waals surface area contributed by atoms with Gasteiger partial charge in [0.05, 0.1) is 17.1 Å². The highest BCUT2D eigenvalue weighted by Gasteiger charge is 2.41. The maximum atomic E-state index is 12.8. The summed E-state index contributed by atoms with van der Waals surface area (Å²) in [6.07, 6.45) is 0.823. The first kappa shape index (κ1) is 21.4. The number of quaternary nitrogens is 1. The Bertz CT molecular complexity index is 1060. The SMILES string of the molecule is NC1(C(=O)[NH2+]O)CCN(c2ccccc2NC(=O)c2csc(Nc3ccsc3)n2)CC1. The van der Waals surface area contributed by atoms with Gasteiger partial charge in [0.25, 0.3) is 5.91 Å². The lowest BCUT2D eigenvalue weighted by molar-refractivity contribution is -0.817. The van der Waals surface area contributed by atoms with E-state index in [1.54, 1.807) is 16.7 Å². The number of nitrogens with one attached hydrogen (secondary N) is 2. The van der Waals surface area contributed by atoms with E-state index in [0.29, 0.717) is 47.9 Å². The number of benzene rings is 1. The molecule has 1 aliphatic heterocycles. The Morgan fingerprint density at radius 1 is 1.19 bits per heavy atom. The van der Waals surface area contributed by atoms with E-state index in [0.717, 1.165) is 11.4 Å². The van der Waals surface area contributed by atoms with Gasteiger partial charge in [0.15, 0.2) is 5.13 Å². The van der Waals surface area contributed by atoms with Crippen LogP contribution >= 0.6 is 22.7 Å². The molecule has 0 aliphatic carbocycles. The third-order valence-electron chi connectivity index (χ3n) is 5.27. The number of primary amides is 1. The van der Waals surface area contributed by atoms with Gasteiger partial charge in [-0.25, -0.2) is 15.0 Å². The fraction of sp³-hybridized carbons (Fsp3) is 0.250. The summed E-state index contributed by atoms with van der Waals surface area (Å²) in [5.74, 6) is -0.749. The number of carbonyl (C=O) groups excluding carboxylic acids is 2. The van der Waals surface area contributed by atoms with Crippen LogP contribution in [-0.4, -0.2) is 40.6 Å². The van der Waals surface area contributed by atoms with Crippen LogP contribution in [0.15, 0.2) is 46.5 Å². The molecular formula is C20H23N6O3S2+. The Morgan fingerprint density at radius 2 is 1.97 bits per heavy atom. The molecule has 3 aromatic rings. The Morgan fingerprint density at radius 3 is 2.68 bits per heavy atom. The molecule has 4 rings (SSSR count). The molecule has 11 heteroatoms. The van der Waals surface area contributed by atoms with Gasteiger partial charge in [0.1, 0.15) is 11.2 Å². The molecule has 1 aliphatic rings. The third-order valence-corrected chi connectivity index (χ3v) is 6.71. The molecule has 0 spiro atoms. The fourth-order valence-electron chi connectivity index (χ4n) is 3.46. The number of anilines is 4. The van der Waals surface area contributed by atoms with Crippen LogP contribution in [-0.2, 0) is 4.79 Å². The molecule has 0 atom stereocenters. The van der Waals surface area contributed by atoms with E-state index in [4.69, 9.17) is 10.9 Å². The van der Waals surface area contributed by atoms with Crippen molar-refractivity contribution < 1.29 is 20.3 Å². The topological polar surface area (TPSA) is 137 Å². The second-order valence-electron chi connectivity index (χ2n) is 7.28. The number of hydrogen-bond acceptors (Lipinski definition) is 9. The van der Waals surface area contributed by atoms with Gasteiger partial charge in [-0.3, -0.25) is 4.79 Å². The quantitative estimate of drug-likeness (QED) is 0.281. The monoisotopic (exact) mass is 459 g/mol. The summed E-state index contributed by atoms with van der Waals surface area (Å²) in [6.45, 7) is 1.07. The molecule has 9 nitrogen and oxygen atoms in total. The number of hydrogen-bond donors (Lipinski definition) is 5. The molecular weight excluding hydrogens is 436 g/mol. The first-order valence-electron chi connectivity index (χ1n) is 9.69. The van der Waals surface area contributed by atoms with E-state index in [-0.39, 0.29) is 5.91 Å². The summed E-state index contributed by atoms with van der Waals surface area (Å²) >= 11 is 2.95. The first-order chi connectivity index (χ1) is 15.0. The summed E-state index contributed by atoms with van der Waals surface area (Å²) in [7, 11) is 0. The molecule has 1 aromatic carbocycles. The standard InChI is InChI=1S/C20H22N6O3S2/c21-20(18(28)25-29)6-8-26(9-7-20)16-4-2-1-3-14(16)23-17(27)15-12-31-19(24-15)22-13-5-10-30-11-13/h1-5,10-12,29H,6-9,21H2,(H,22,24)(H,23,27)(H,25,28)/p+1.